The summed E-state index contributed by atoms with van der Waals surface area (Å²) < 4.78 is 0. The highest BCUT2D eigenvalue weighted by Gasteiger charge is 2.05. The zero-order valence-corrected chi connectivity index (χ0v) is 13.1. The summed E-state index contributed by atoms with van der Waals surface area (Å²) in [6.45, 7) is 5.40. The van der Waals surface area contributed by atoms with Crippen LogP contribution in [0, 0.1) is 0 Å². The van der Waals surface area contributed by atoms with Gasteiger partial charge in [0.25, 0.3) is 0 Å². The second-order valence-electron chi connectivity index (χ2n) is 5.10. The first-order chi connectivity index (χ1) is 9.75. The summed E-state index contributed by atoms with van der Waals surface area (Å²) in [4.78, 5) is 7.82. The molecule has 0 aliphatic carbocycles. The van der Waals surface area contributed by atoms with Crippen LogP contribution in [0.2, 0.25) is 0 Å². The fourth-order valence-electron chi connectivity index (χ4n) is 2.09. The van der Waals surface area contributed by atoms with Gasteiger partial charge in [-0.05, 0) is 49.5 Å². The van der Waals surface area contributed by atoms with E-state index in [1.54, 1.807) is 0 Å². The molecule has 1 atom stereocenters. The molecule has 0 spiro atoms. The number of nitrogens with zero attached hydrogens (tertiary/aromatic N) is 2. The number of rotatable bonds is 8. The van der Waals surface area contributed by atoms with Gasteiger partial charge in [-0.15, -0.1) is 11.3 Å². The summed E-state index contributed by atoms with van der Waals surface area (Å²) in [7, 11) is 2.18. The van der Waals surface area contributed by atoms with E-state index in [9.17, 15) is 0 Å². The summed E-state index contributed by atoms with van der Waals surface area (Å²) in [5.41, 5.74) is 1.35. The monoisotopic (exact) mass is 289 g/mol. The molecular weight excluding hydrogens is 266 g/mol. The minimum absolute atomic E-state index is 0.448. The van der Waals surface area contributed by atoms with E-state index >= 15 is 0 Å². The van der Waals surface area contributed by atoms with Crippen LogP contribution in [-0.4, -0.2) is 36.6 Å². The standard InChI is InChI=1S/C16H23N3S/c1-14(16-4-3-13-20-16)18-10-12-19(2)11-7-15-5-8-17-9-6-15/h3-6,8-9,13-14,18H,7,10-12H2,1-2H3. The molecule has 0 radical (unpaired) electrons. The second kappa shape index (κ2) is 8.15. The van der Waals surface area contributed by atoms with Crippen LogP contribution in [0.4, 0.5) is 0 Å². The van der Waals surface area contributed by atoms with E-state index in [0.29, 0.717) is 6.04 Å². The van der Waals surface area contributed by atoms with Gasteiger partial charge < -0.3 is 10.2 Å². The molecule has 1 N–H and O–H groups in total. The SMILES string of the molecule is CC(NCCN(C)CCc1ccncc1)c1cccs1. The van der Waals surface area contributed by atoms with E-state index in [1.165, 1.54) is 10.4 Å². The second-order valence-corrected chi connectivity index (χ2v) is 6.08. The molecule has 0 saturated heterocycles. The van der Waals surface area contributed by atoms with E-state index in [2.05, 4.69) is 58.8 Å². The number of likely N-dealkylation sites (N-methyl/N-ethyl adjacent to an activating group) is 1. The number of hydrogen-bond acceptors (Lipinski definition) is 4. The molecule has 2 rings (SSSR count). The van der Waals surface area contributed by atoms with Crippen molar-refractivity contribution >= 4 is 11.3 Å². The van der Waals surface area contributed by atoms with Crippen molar-refractivity contribution in [3.8, 4) is 0 Å². The lowest BCUT2D eigenvalue weighted by Crippen LogP contribution is -2.31. The summed E-state index contributed by atoms with van der Waals surface area (Å²) in [6, 6.07) is 8.92. The first-order valence-electron chi connectivity index (χ1n) is 7.10. The molecule has 2 aromatic rings. The van der Waals surface area contributed by atoms with Crippen molar-refractivity contribution < 1.29 is 0 Å². The van der Waals surface area contributed by atoms with Crippen LogP contribution in [0.5, 0.6) is 0 Å². The zero-order valence-electron chi connectivity index (χ0n) is 12.2. The maximum atomic E-state index is 4.04. The van der Waals surface area contributed by atoms with Crippen molar-refractivity contribution in [3.05, 3.63) is 52.5 Å². The molecule has 0 bridgehead atoms. The molecule has 4 heteroatoms. The van der Waals surface area contributed by atoms with Gasteiger partial charge in [0.1, 0.15) is 0 Å². The van der Waals surface area contributed by atoms with Gasteiger partial charge in [-0.3, -0.25) is 4.98 Å². The normalized spacial score (nSPS) is 12.8. The Hall–Kier alpha value is -1.23. The molecule has 108 valence electrons. The van der Waals surface area contributed by atoms with Gasteiger partial charge in [-0.1, -0.05) is 6.07 Å². The Balaban J connectivity index is 1.62. The molecule has 0 fully saturated rings. The molecule has 3 nitrogen and oxygen atoms in total. The van der Waals surface area contributed by atoms with Crippen molar-refractivity contribution in [1.29, 1.82) is 0 Å². The maximum Gasteiger partial charge on any atom is 0.0386 e. The Bertz CT molecular complexity index is 470. The number of hydrogen-bond donors (Lipinski definition) is 1. The Kier molecular flexibility index (Phi) is 6.18. The molecule has 0 aliphatic heterocycles. The predicted octanol–water partition coefficient (Wildman–Crippen LogP) is 2.97. The van der Waals surface area contributed by atoms with Crippen LogP contribution in [0.3, 0.4) is 0 Å². The van der Waals surface area contributed by atoms with Gasteiger partial charge in [0.15, 0.2) is 0 Å². The molecule has 0 aromatic carbocycles. The Morgan fingerprint density at radius 3 is 2.75 bits per heavy atom. The summed E-state index contributed by atoms with van der Waals surface area (Å²) >= 11 is 1.82. The van der Waals surface area contributed by atoms with Gasteiger partial charge >= 0.3 is 0 Å². The van der Waals surface area contributed by atoms with Crippen LogP contribution in [0.25, 0.3) is 0 Å². The van der Waals surface area contributed by atoms with Gasteiger partial charge in [0, 0.05) is 42.9 Å². The lowest BCUT2D eigenvalue weighted by Gasteiger charge is -2.19. The summed E-state index contributed by atoms with van der Waals surface area (Å²) in [5.74, 6) is 0. The topological polar surface area (TPSA) is 28.2 Å². The highest BCUT2D eigenvalue weighted by molar-refractivity contribution is 7.10. The van der Waals surface area contributed by atoms with E-state index < -0.39 is 0 Å². The van der Waals surface area contributed by atoms with Crippen molar-refractivity contribution in [3.63, 3.8) is 0 Å². The number of pyridine rings is 1. The smallest absolute Gasteiger partial charge is 0.0386 e. The van der Waals surface area contributed by atoms with E-state index in [1.807, 2.05) is 23.7 Å². The fourth-order valence-corrected chi connectivity index (χ4v) is 2.85. The van der Waals surface area contributed by atoms with Crippen LogP contribution in [-0.2, 0) is 6.42 Å². The molecular formula is C16H23N3S. The molecule has 2 aromatic heterocycles. The molecule has 1 unspecified atom stereocenters. The third kappa shape index (κ3) is 5.04. The average Bonchev–Trinajstić information content (AvgIpc) is 3.00. The number of aromatic nitrogens is 1. The average molecular weight is 289 g/mol. The minimum Gasteiger partial charge on any atom is -0.308 e. The van der Waals surface area contributed by atoms with E-state index in [0.717, 1.165) is 26.1 Å². The molecule has 20 heavy (non-hydrogen) atoms. The van der Waals surface area contributed by atoms with Crippen molar-refractivity contribution in [2.24, 2.45) is 0 Å². The van der Waals surface area contributed by atoms with Gasteiger partial charge in [-0.2, -0.15) is 0 Å². The van der Waals surface area contributed by atoms with Crippen LogP contribution >= 0.6 is 11.3 Å². The van der Waals surface area contributed by atoms with Crippen LogP contribution < -0.4 is 5.32 Å². The molecule has 0 saturated carbocycles. The maximum absolute atomic E-state index is 4.04. The highest BCUT2D eigenvalue weighted by atomic mass is 32.1. The molecule has 2 heterocycles. The Labute approximate surface area is 125 Å². The Morgan fingerprint density at radius 1 is 1.25 bits per heavy atom. The van der Waals surface area contributed by atoms with Gasteiger partial charge in [0.2, 0.25) is 0 Å². The zero-order chi connectivity index (χ0) is 14.2. The van der Waals surface area contributed by atoms with Gasteiger partial charge in [0.05, 0.1) is 0 Å². The summed E-state index contributed by atoms with van der Waals surface area (Å²) in [5, 5.41) is 5.71. The number of thiophene rings is 1. The first-order valence-corrected chi connectivity index (χ1v) is 7.98. The third-order valence-corrected chi connectivity index (χ3v) is 4.50. The van der Waals surface area contributed by atoms with Crippen LogP contribution in [0.1, 0.15) is 23.4 Å². The predicted molar refractivity (Wildman–Crippen MR) is 86.2 cm³/mol. The third-order valence-electron chi connectivity index (χ3n) is 3.45. The van der Waals surface area contributed by atoms with E-state index in [4.69, 9.17) is 0 Å². The van der Waals surface area contributed by atoms with Crippen LogP contribution in [0.15, 0.2) is 42.0 Å². The lowest BCUT2D eigenvalue weighted by molar-refractivity contribution is 0.330. The quantitative estimate of drug-likeness (QED) is 0.810. The lowest BCUT2D eigenvalue weighted by atomic mass is 10.2. The first kappa shape index (κ1) is 15.2. The minimum atomic E-state index is 0.448. The van der Waals surface area contributed by atoms with E-state index in [-0.39, 0.29) is 0 Å². The highest BCUT2D eigenvalue weighted by Crippen LogP contribution is 2.17. The van der Waals surface area contributed by atoms with Gasteiger partial charge in [-0.25, -0.2) is 0 Å². The Morgan fingerprint density at radius 2 is 2.05 bits per heavy atom. The van der Waals surface area contributed by atoms with Crippen molar-refractivity contribution in [2.75, 3.05) is 26.7 Å². The number of nitrogens with one attached hydrogen (secondary N) is 1. The fraction of sp³-hybridized carbons (Fsp3) is 0.438. The van der Waals surface area contributed by atoms with Crippen molar-refractivity contribution in [2.45, 2.75) is 19.4 Å². The summed E-state index contributed by atoms with van der Waals surface area (Å²) in [6.07, 6.45) is 4.80. The molecule has 0 aliphatic rings. The molecule has 0 amide bonds. The largest absolute Gasteiger partial charge is 0.308 e. The van der Waals surface area contributed by atoms with Crippen molar-refractivity contribution in [1.82, 2.24) is 15.2 Å².